The fourth-order valence-electron chi connectivity index (χ4n) is 2.43. The molecule has 0 fully saturated rings. The van der Waals surface area contributed by atoms with Crippen LogP contribution in [0.3, 0.4) is 0 Å². The van der Waals surface area contributed by atoms with Gasteiger partial charge in [0.25, 0.3) is 0 Å². The van der Waals surface area contributed by atoms with Gasteiger partial charge in [-0.1, -0.05) is 0 Å². The number of rotatable bonds is 4. The molecule has 0 aliphatic carbocycles. The van der Waals surface area contributed by atoms with E-state index < -0.39 is 5.60 Å². The van der Waals surface area contributed by atoms with E-state index in [-0.39, 0.29) is 0 Å². The Morgan fingerprint density at radius 3 is 2.70 bits per heavy atom. The summed E-state index contributed by atoms with van der Waals surface area (Å²) in [6.45, 7) is 3.43. The monoisotopic (exact) mass is 313 g/mol. The van der Waals surface area contributed by atoms with Crippen molar-refractivity contribution in [3.05, 3.63) is 36.4 Å². The van der Waals surface area contributed by atoms with Gasteiger partial charge in [-0.25, -0.2) is 9.97 Å². The number of hydrogen-bond acceptors (Lipinski definition) is 6. The molecule has 3 rings (SSSR count). The molecule has 0 unspecified atom stereocenters. The largest absolute Gasteiger partial charge is 0.496 e. The van der Waals surface area contributed by atoms with Crippen LogP contribution in [0.5, 0.6) is 5.75 Å². The van der Waals surface area contributed by atoms with Crippen LogP contribution in [0.15, 0.2) is 30.9 Å². The van der Waals surface area contributed by atoms with Gasteiger partial charge in [0.1, 0.15) is 22.9 Å². The van der Waals surface area contributed by atoms with Crippen molar-refractivity contribution in [1.29, 1.82) is 0 Å². The molecule has 0 saturated carbocycles. The summed E-state index contributed by atoms with van der Waals surface area (Å²) in [5.41, 5.74) is 1.82. The van der Waals surface area contributed by atoms with E-state index in [2.05, 4.69) is 20.3 Å². The van der Waals surface area contributed by atoms with E-state index in [9.17, 15) is 5.11 Å². The third kappa shape index (κ3) is 2.70. The third-order valence-corrected chi connectivity index (χ3v) is 3.64. The fraction of sp³-hybridized carbons (Fsp3) is 0.312. The maximum absolute atomic E-state index is 10.4. The molecule has 0 atom stereocenters. The SMILES string of the molecule is CNc1cncc(-c2cnc3cc(OC)c(C(C)(C)O)cn23)n1. The first-order chi connectivity index (χ1) is 10.9. The predicted octanol–water partition coefficient (Wildman–Crippen LogP) is 2.07. The number of aliphatic hydroxyl groups is 1. The fourth-order valence-corrected chi connectivity index (χ4v) is 2.43. The van der Waals surface area contributed by atoms with Crippen molar-refractivity contribution in [3.63, 3.8) is 0 Å². The number of fused-ring (bicyclic) bond motifs is 1. The molecule has 0 aliphatic heterocycles. The summed E-state index contributed by atoms with van der Waals surface area (Å²) in [7, 11) is 3.37. The lowest BCUT2D eigenvalue weighted by Crippen LogP contribution is -2.17. The molecule has 0 saturated heterocycles. The smallest absolute Gasteiger partial charge is 0.145 e. The van der Waals surface area contributed by atoms with Crippen molar-refractivity contribution in [1.82, 2.24) is 19.4 Å². The second-order valence-electron chi connectivity index (χ2n) is 5.73. The minimum atomic E-state index is -1.04. The summed E-state index contributed by atoms with van der Waals surface area (Å²) >= 11 is 0. The normalized spacial score (nSPS) is 11.7. The van der Waals surface area contributed by atoms with Gasteiger partial charge in [0.15, 0.2) is 0 Å². The Morgan fingerprint density at radius 2 is 2.04 bits per heavy atom. The van der Waals surface area contributed by atoms with Gasteiger partial charge in [-0.2, -0.15) is 0 Å². The summed E-state index contributed by atoms with van der Waals surface area (Å²) in [6, 6.07) is 1.80. The predicted molar refractivity (Wildman–Crippen MR) is 87.6 cm³/mol. The number of methoxy groups -OCH3 is 1. The van der Waals surface area contributed by atoms with Crippen LogP contribution in [0.2, 0.25) is 0 Å². The van der Waals surface area contributed by atoms with Crippen molar-refractivity contribution in [2.24, 2.45) is 0 Å². The van der Waals surface area contributed by atoms with Crippen LogP contribution in [0.4, 0.5) is 5.82 Å². The van der Waals surface area contributed by atoms with E-state index in [0.29, 0.717) is 28.5 Å². The summed E-state index contributed by atoms with van der Waals surface area (Å²) in [4.78, 5) is 13.1. The maximum atomic E-state index is 10.4. The van der Waals surface area contributed by atoms with Crippen molar-refractivity contribution >= 4 is 11.5 Å². The number of nitrogens with one attached hydrogen (secondary N) is 1. The van der Waals surface area contributed by atoms with E-state index in [1.165, 1.54) is 0 Å². The summed E-state index contributed by atoms with van der Waals surface area (Å²) in [5.74, 6) is 1.27. The van der Waals surface area contributed by atoms with Gasteiger partial charge in [0.05, 0.1) is 37.0 Å². The van der Waals surface area contributed by atoms with E-state index in [4.69, 9.17) is 4.74 Å². The first-order valence-corrected chi connectivity index (χ1v) is 7.22. The van der Waals surface area contributed by atoms with Crippen LogP contribution >= 0.6 is 0 Å². The van der Waals surface area contributed by atoms with Gasteiger partial charge in [0.2, 0.25) is 0 Å². The zero-order chi connectivity index (χ0) is 16.6. The van der Waals surface area contributed by atoms with E-state index >= 15 is 0 Å². The maximum Gasteiger partial charge on any atom is 0.145 e. The molecule has 3 aromatic rings. The third-order valence-electron chi connectivity index (χ3n) is 3.64. The lowest BCUT2D eigenvalue weighted by Gasteiger charge is -2.21. The molecule has 7 heteroatoms. The molecule has 3 heterocycles. The number of pyridine rings is 1. The Labute approximate surface area is 134 Å². The highest BCUT2D eigenvalue weighted by Gasteiger charge is 2.23. The van der Waals surface area contributed by atoms with Gasteiger partial charge in [-0.15, -0.1) is 0 Å². The molecule has 7 nitrogen and oxygen atoms in total. The summed E-state index contributed by atoms with van der Waals surface area (Å²) < 4.78 is 7.25. The average Bonchev–Trinajstić information content (AvgIpc) is 2.95. The molecule has 0 aromatic carbocycles. The molecule has 0 bridgehead atoms. The highest BCUT2D eigenvalue weighted by atomic mass is 16.5. The number of nitrogens with zero attached hydrogens (tertiary/aromatic N) is 4. The molecule has 0 amide bonds. The Balaban J connectivity index is 2.23. The topological polar surface area (TPSA) is 84.6 Å². The highest BCUT2D eigenvalue weighted by molar-refractivity contribution is 5.63. The molecular weight excluding hydrogens is 294 g/mol. The van der Waals surface area contributed by atoms with Crippen molar-refractivity contribution in [3.8, 4) is 17.1 Å². The number of imidazole rings is 1. The van der Waals surface area contributed by atoms with Gasteiger partial charge >= 0.3 is 0 Å². The Hall–Kier alpha value is -2.67. The van der Waals surface area contributed by atoms with Gasteiger partial charge in [-0.05, 0) is 13.8 Å². The number of ether oxygens (including phenoxy) is 1. The quantitative estimate of drug-likeness (QED) is 0.767. The lowest BCUT2D eigenvalue weighted by atomic mass is 9.99. The molecule has 120 valence electrons. The molecule has 23 heavy (non-hydrogen) atoms. The van der Waals surface area contributed by atoms with E-state index in [1.54, 1.807) is 52.7 Å². The van der Waals surface area contributed by atoms with Crippen LogP contribution in [0.1, 0.15) is 19.4 Å². The van der Waals surface area contributed by atoms with Crippen molar-refractivity contribution in [2.75, 3.05) is 19.5 Å². The molecule has 3 aromatic heterocycles. The Bertz CT molecular complexity index is 851. The standard InChI is InChI=1S/C16H19N5O2/c1-16(2,22)10-9-21-12(7-19-15(21)5-13(10)23-4)11-6-18-8-14(17-3)20-11/h5-9,22H,1-4H3,(H,17,20). The first-order valence-electron chi connectivity index (χ1n) is 7.22. The van der Waals surface area contributed by atoms with Crippen LogP contribution in [-0.4, -0.2) is 38.6 Å². The van der Waals surface area contributed by atoms with Crippen molar-refractivity contribution in [2.45, 2.75) is 19.4 Å². The van der Waals surface area contributed by atoms with E-state index in [1.807, 2.05) is 10.6 Å². The van der Waals surface area contributed by atoms with Gasteiger partial charge < -0.3 is 15.2 Å². The van der Waals surface area contributed by atoms with Gasteiger partial charge in [0, 0.05) is 24.9 Å². The Morgan fingerprint density at radius 1 is 1.26 bits per heavy atom. The molecular formula is C16H19N5O2. The minimum absolute atomic E-state index is 0.595. The van der Waals surface area contributed by atoms with Crippen molar-refractivity contribution < 1.29 is 9.84 Å². The Kier molecular flexibility index (Phi) is 3.65. The molecule has 0 aliphatic rings. The van der Waals surface area contributed by atoms with Gasteiger partial charge in [-0.3, -0.25) is 9.38 Å². The molecule has 0 spiro atoms. The van der Waals surface area contributed by atoms with Crippen LogP contribution in [0.25, 0.3) is 17.0 Å². The molecule has 2 N–H and O–H groups in total. The minimum Gasteiger partial charge on any atom is -0.496 e. The van der Waals surface area contributed by atoms with Crippen LogP contribution in [0, 0.1) is 0 Å². The zero-order valence-electron chi connectivity index (χ0n) is 13.5. The highest BCUT2D eigenvalue weighted by Crippen LogP contribution is 2.32. The van der Waals surface area contributed by atoms with E-state index in [0.717, 1.165) is 5.69 Å². The lowest BCUT2D eigenvalue weighted by molar-refractivity contribution is 0.0752. The molecule has 0 radical (unpaired) electrons. The first kappa shape index (κ1) is 15.2. The van der Waals surface area contributed by atoms with Crippen LogP contribution < -0.4 is 10.1 Å². The number of anilines is 1. The number of hydrogen-bond donors (Lipinski definition) is 2. The number of aromatic nitrogens is 4. The second-order valence-corrected chi connectivity index (χ2v) is 5.73. The summed E-state index contributed by atoms with van der Waals surface area (Å²) in [6.07, 6.45) is 6.88. The zero-order valence-corrected chi connectivity index (χ0v) is 13.5. The van der Waals surface area contributed by atoms with Crippen LogP contribution in [-0.2, 0) is 5.60 Å². The average molecular weight is 313 g/mol. The second kappa shape index (κ2) is 5.51. The summed E-state index contributed by atoms with van der Waals surface area (Å²) in [5, 5.41) is 13.4.